The zero-order valence-electron chi connectivity index (χ0n) is 15.4. The Morgan fingerprint density at radius 2 is 1.96 bits per heavy atom. The van der Waals surface area contributed by atoms with Crippen LogP contribution in [0.25, 0.3) is 0 Å². The van der Waals surface area contributed by atoms with E-state index in [1.807, 2.05) is 0 Å². The summed E-state index contributed by atoms with van der Waals surface area (Å²) >= 11 is 0. The molecule has 0 amide bonds. The molecule has 0 saturated heterocycles. The average molecular weight is 344 g/mol. The van der Waals surface area contributed by atoms with E-state index in [2.05, 4.69) is 13.8 Å². The molecule has 136 valence electrons. The SMILES string of the molecule is CC(=O)[C@H]1CC[C@H]2[C@@H]3CC(O)C4=CC(=O)CC[C@]4(C)[C@H]3C(=O)C[C@]12C. The van der Waals surface area contributed by atoms with E-state index in [4.69, 9.17) is 0 Å². The van der Waals surface area contributed by atoms with Crippen molar-refractivity contribution in [2.75, 3.05) is 0 Å². The zero-order chi connectivity index (χ0) is 18.1. The summed E-state index contributed by atoms with van der Waals surface area (Å²) in [5.41, 5.74) is 0.123. The number of carbonyl (C=O) groups excluding carboxylic acids is 3. The van der Waals surface area contributed by atoms with Gasteiger partial charge in [-0.3, -0.25) is 14.4 Å². The molecule has 0 bridgehead atoms. The molecule has 3 saturated carbocycles. The molecule has 0 radical (unpaired) electrons. The van der Waals surface area contributed by atoms with E-state index in [0.29, 0.717) is 31.6 Å². The van der Waals surface area contributed by atoms with Crippen molar-refractivity contribution in [3.63, 3.8) is 0 Å². The third kappa shape index (κ3) is 2.19. The number of fused-ring (bicyclic) bond motifs is 5. The van der Waals surface area contributed by atoms with E-state index in [0.717, 1.165) is 18.4 Å². The van der Waals surface area contributed by atoms with Gasteiger partial charge in [0, 0.05) is 30.1 Å². The Balaban J connectivity index is 1.77. The maximum Gasteiger partial charge on any atom is 0.155 e. The van der Waals surface area contributed by atoms with Gasteiger partial charge in [0.25, 0.3) is 0 Å². The Morgan fingerprint density at radius 1 is 1.24 bits per heavy atom. The number of rotatable bonds is 1. The Morgan fingerprint density at radius 3 is 2.64 bits per heavy atom. The molecular weight excluding hydrogens is 316 g/mol. The Hall–Kier alpha value is -1.29. The van der Waals surface area contributed by atoms with Gasteiger partial charge in [-0.1, -0.05) is 13.8 Å². The minimum Gasteiger partial charge on any atom is -0.389 e. The highest BCUT2D eigenvalue weighted by molar-refractivity contribution is 5.93. The summed E-state index contributed by atoms with van der Waals surface area (Å²) in [7, 11) is 0. The molecule has 4 aliphatic rings. The van der Waals surface area contributed by atoms with Gasteiger partial charge in [-0.25, -0.2) is 0 Å². The maximum absolute atomic E-state index is 13.3. The van der Waals surface area contributed by atoms with Crippen molar-refractivity contribution in [3.8, 4) is 0 Å². The van der Waals surface area contributed by atoms with E-state index in [-0.39, 0.29) is 40.5 Å². The van der Waals surface area contributed by atoms with Crippen molar-refractivity contribution in [3.05, 3.63) is 11.6 Å². The molecule has 1 unspecified atom stereocenters. The highest BCUT2D eigenvalue weighted by Gasteiger charge is 2.64. The van der Waals surface area contributed by atoms with E-state index in [9.17, 15) is 19.5 Å². The molecule has 0 aromatic heterocycles. The molecule has 25 heavy (non-hydrogen) atoms. The van der Waals surface area contributed by atoms with Crippen LogP contribution in [0, 0.1) is 34.5 Å². The third-order valence-electron chi connectivity index (χ3n) is 8.15. The first-order chi connectivity index (χ1) is 11.7. The minimum atomic E-state index is -0.637. The maximum atomic E-state index is 13.3. The topological polar surface area (TPSA) is 71.4 Å². The van der Waals surface area contributed by atoms with Crippen molar-refractivity contribution >= 4 is 17.3 Å². The number of aliphatic hydroxyl groups is 1. The van der Waals surface area contributed by atoms with Crippen molar-refractivity contribution < 1.29 is 19.5 Å². The molecule has 0 aromatic rings. The van der Waals surface area contributed by atoms with E-state index >= 15 is 0 Å². The lowest BCUT2D eigenvalue weighted by atomic mass is 9.46. The number of ketones is 3. The highest BCUT2D eigenvalue weighted by Crippen LogP contribution is 2.65. The summed E-state index contributed by atoms with van der Waals surface area (Å²) in [6.07, 6.45) is 4.94. The second kappa shape index (κ2) is 5.35. The molecular formula is C21H28O4. The van der Waals surface area contributed by atoms with Crippen LogP contribution in [0.5, 0.6) is 0 Å². The molecule has 0 spiro atoms. The van der Waals surface area contributed by atoms with Gasteiger partial charge in [0.1, 0.15) is 11.6 Å². The number of aliphatic hydroxyl groups excluding tert-OH is 1. The highest BCUT2D eigenvalue weighted by atomic mass is 16.3. The van der Waals surface area contributed by atoms with Crippen LogP contribution in [0.4, 0.5) is 0 Å². The summed E-state index contributed by atoms with van der Waals surface area (Å²) < 4.78 is 0. The third-order valence-corrected chi connectivity index (χ3v) is 8.15. The largest absolute Gasteiger partial charge is 0.389 e. The van der Waals surface area contributed by atoms with Crippen LogP contribution in [0.15, 0.2) is 11.6 Å². The quantitative estimate of drug-likeness (QED) is 0.794. The summed E-state index contributed by atoms with van der Waals surface area (Å²) in [6, 6.07) is 0. The minimum absolute atomic E-state index is 0.0304. The molecule has 7 atom stereocenters. The zero-order valence-corrected chi connectivity index (χ0v) is 15.4. The van der Waals surface area contributed by atoms with Gasteiger partial charge in [-0.15, -0.1) is 0 Å². The fourth-order valence-corrected chi connectivity index (χ4v) is 7.11. The van der Waals surface area contributed by atoms with Gasteiger partial charge in [-0.05, 0) is 61.5 Å². The van der Waals surface area contributed by atoms with Gasteiger partial charge in [0.05, 0.1) is 6.10 Å². The normalized spacial score (nSPS) is 49.1. The average Bonchev–Trinajstić information content (AvgIpc) is 2.85. The molecule has 0 aliphatic heterocycles. The molecule has 4 rings (SSSR count). The smallest absolute Gasteiger partial charge is 0.155 e. The summed E-state index contributed by atoms with van der Waals surface area (Å²) in [6.45, 7) is 5.85. The Bertz CT molecular complexity index is 692. The second-order valence-electron chi connectivity index (χ2n) is 9.37. The van der Waals surface area contributed by atoms with Crippen molar-refractivity contribution in [2.24, 2.45) is 34.5 Å². The van der Waals surface area contributed by atoms with Crippen LogP contribution in [-0.2, 0) is 14.4 Å². The van der Waals surface area contributed by atoms with Gasteiger partial charge < -0.3 is 5.11 Å². The van der Waals surface area contributed by atoms with Crippen LogP contribution in [0.3, 0.4) is 0 Å². The molecule has 4 heteroatoms. The molecule has 0 aromatic carbocycles. The van der Waals surface area contributed by atoms with Gasteiger partial charge in [0.2, 0.25) is 0 Å². The van der Waals surface area contributed by atoms with Crippen LogP contribution in [-0.4, -0.2) is 28.6 Å². The first-order valence-electron chi connectivity index (χ1n) is 9.64. The number of Topliss-reactive ketones (excluding diaryl/α,β-unsaturated/α-hetero) is 2. The predicted octanol–water partition coefficient (Wildman–Crippen LogP) is 2.87. The Labute approximate surface area is 149 Å². The van der Waals surface area contributed by atoms with Gasteiger partial charge in [0.15, 0.2) is 5.78 Å². The van der Waals surface area contributed by atoms with E-state index in [1.165, 1.54) is 0 Å². The molecule has 3 fully saturated rings. The van der Waals surface area contributed by atoms with Gasteiger partial charge in [-0.2, -0.15) is 0 Å². The van der Waals surface area contributed by atoms with E-state index in [1.54, 1.807) is 13.0 Å². The fourth-order valence-electron chi connectivity index (χ4n) is 7.11. The van der Waals surface area contributed by atoms with Gasteiger partial charge >= 0.3 is 0 Å². The summed E-state index contributed by atoms with van der Waals surface area (Å²) in [5.74, 6) is 0.803. The number of hydrogen-bond donors (Lipinski definition) is 1. The monoisotopic (exact) mass is 344 g/mol. The van der Waals surface area contributed by atoms with Crippen molar-refractivity contribution in [1.82, 2.24) is 0 Å². The molecule has 1 N–H and O–H groups in total. The molecule has 4 nitrogen and oxygen atoms in total. The van der Waals surface area contributed by atoms with E-state index < -0.39 is 11.5 Å². The van der Waals surface area contributed by atoms with Crippen LogP contribution in [0.2, 0.25) is 0 Å². The summed E-state index contributed by atoms with van der Waals surface area (Å²) in [4.78, 5) is 37.3. The second-order valence-corrected chi connectivity index (χ2v) is 9.37. The number of hydrogen-bond acceptors (Lipinski definition) is 4. The molecule has 0 heterocycles. The first kappa shape index (κ1) is 17.1. The fraction of sp³-hybridized carbons (Fsp3) is 0.762. The lowest BCUT2D eigenvalue weighted by Gasteiger charge is -2.57. The van der Waals surface area contributed by atoms with Crippen molar-refractivity contribution in [2.45, 2.75) is 65.4 Å². The van der Waals surface area contributed by atoms with Crippen LogP contribution < -0.4 is 0 Å². The van der Waals surface area contributed by atoms with Crippen LogP contribution >= 0.6 is 0 Å². The lowest BCUT2D eigenvalue weighted by molar-refractivity contribution is -0.151. The predicted molar refractivity (Wildman–Crippen MR) is 92.7 cm³/mol. The molecule has 4 aliphatic carbocycles. The summed E-state index contributed by atoms with van der Waals surface area (Å²) in [5, 5.41) is 10.8. The number of carbonyl (C=O) groups is 3. The first-order valence-corrected chi connectivity index (χ1v) is 9.64. The Kier molecular flexibility index (Phi) is 3.67. The standard InChI is InChI=1S/C21H28O4/c1-11(22)14-4-5-15-13-9-17(24)16-8-12(23)6-7-20(16,2)19(13)18(25)10-21(14,15)3/h8,13-15,17,19,24H,4-7,9-10H2,1-3H3/t13-,14+,15-,17?,19+,20-,21+/m0/s1. The van der Waals surface area contributed by atoms with Crippen LogP contribution in [0.1, 0.15) is 59.3 Å². The lowest BCUT2D eigenvalue weighted by Crippen LogP contribution is -2.58. The van der Waals surface area contributed by atoms with Crippen molar-refractivity contribution in [1.29, 1.82) is 0 Å².